The molecule has 0 saturated heterocycles. The van der Waals surface area contributed by atoms with Crippen LogP contribution >= 0.6 is 50.5 Å². The van der Waals surface area contributed by atoms with E-state index in [0.717, 1.165) is 15.6 Å². The summed E-state index contributed by atoms with van der Waals surface area (Å²) in [6, 6.07) is 10.8. The number of thiazole rings is 1. The Morgan fingerprint density at radius 3 is 2.86 bits per heavy atom. The Morgan fingerprint density at radius 1 is 1.29 bits per heavy atom. The number of amides is 1. The number of halogens is 3. The Kier molecular flexibility index (Phi) is 7.13. The molecule has 1 amide bonds. The molecular formula is C20H15BrCl2N2O2S. The van der Waals surface area contributed by atoms with E-state index in [2.05, 4.69) is 26.2 Å². The number of carbonyl (C=O) groups excluding carboxylic acids is 1. The minimum Gasteiger partial charge on any atom is -0.493 e. The number of nitrogens with zero attached hydrogens (tertiary/aromatic N) is 1. The van der Waals surface area contributed by atoms with E-state index in [0.29, 0.717) is 33.2 Å². The molecular weight excluding hydrogens is 483 g/mol. The summed E-state index contributed by atoms with van der Waals surface area (Å²) in [5.41, 5.74) is 2.24. The van der Waals surface area contributed by atoms with Gasteiger partial charge >= 0.3 is 0 Å². The smallest absolute Gasteiger partial charge is 0.250 e. The molecule has 0 aliphatic rings. The van der Waals surface area contributed by atoms with Gasteiger partial charge in [-0.3, -0.25) is 10.1 Å². The van der Waals surface area contributed by atoms with Crippen LogP contribution in [0.5, 0.6) is 5.75 Å². The van der Waals surface area contributed by atoms with Gasteiger partial charge in [0.2, 0.25) is 5.91 Å². The molecule has 3 rings (SSSR count). The van der Waals surface area contributed by atoms with Gasteiger partial charge in [0.15, 0.2) is 5.13 Å². The molecule has 3 aromatic rings. The summed E-state index contributed by atoms with van der Waals surface area (Å²) in [5, 5.41) is 6.14. The van der Waals surface area contributed by atoms with Gasteiger partial charge in [-0.25, -0.2) is 4.98 Å². The van der Waals surface area contributed by atoms with Crippen molar-refractivity contribution in [2.75, 3.05) is 11.9 Å². The molecule has 28 heavy (non-hydrogen) atoms. The van der Waals surface area contributed by atoms with Crippen molar-refractivity contribution in [3.8, 4) is 17.0 Å². The van der Waals surface area contributed by atoms with Gasteiger partial charge in [0.05, 0.1) is 17.3 Å². The second-order valence-corrected chi connectivity index (χ2v) is 8.22. The van der Waals surface area contributed by atoms with Crippen molar-refractivity contribution in [3.63, 3.8) is 0 Å². The van der Waals surface area contributed by atoms with Crippen molar-refractivity contribution in [3.05, 3.63) is 67.9 Å². The van der Waals surface area contributed by atoms with Crippen LogP contribution in [0.1, 0.15) is 12.5 Å². The van der Waals surface area contributed by atoms with Crippen LogP contribution in [0.15, 0.2) is 52.3 Å². The molecule has 0 fully saturated rings. The maximum atomic E-state index is 12.3. The van der Waals surface area contributed by atoms with E-state index in [4.69, 9.17) is 27.9 Å². The largest absolute Gasteiger partial charge is 0.493 e. The van der Waals surface area contributed by atoms with Crippen molar-refractivity contribution in [1.29, 1.82) is 0 Å². The Hall–Kier alpha value is -1.86. The van der Waals surface area contributed by atoms with E-state index < -0.39 is 0 Å². The first-order chi connectivity index (χ1) is 13.5. The fourth-order valence-corrected chi connectivity index (χ4v) is 4.00. The molecule has 4 nitrogen and oxygen atoms in total. The van der Waals surface area contributed by atoms with Gasteiger partial charge in [-0.1, -0.05) is 39.1 Å². The lowest BCUT2D eigenvalue weighted by molar-refractivity contribution is -0.111. The molecule has 0 bridgehead atoms. The van der Waals surface area contributed by atoms with Gasteiger partial charge < -0.3 is 4.74 Å². The van der Waals surface area contributed by atoms with E-state index in [1.807, 2.05) is 30.5 Å². The van der Waals surface area contributed by atoms with Crippen molar-refractivity contribution >= 4 is 67.6 Å². The SMILES string of the molecule is CCOc1ccc(Br)cc1C=CC(=O)Nc1nc(-c2ccc(Cl)cc2Cl)cs1. The normalized spacial score (nSPS) is 11.0. The van der Waals surface area contributed by atoms with Crippen LogP contribution in [0.4, 0.5) is 5.13 Å². The number of hydrogen-bond donors (Lipinski definition) is 1. The zero-order valence-corrected chi connectivity index (χ0v) is 18.6. The van der Waals surface area contributed by atoms with E-state index in [-0.39, 0.29) is 5.91 Å². The van der Waals surface area contributed by atoms with Gasteiger partial charge in [0, 0.05) is 32.1 Å². The molecule has 1 N–H and O–H groups in total. The summed E-state index contributed by atoms with van der Waals surface area (Å²) in [5.74, 6) is 0.425. The number of ether oxygens (including phenoxy) is 1. The first-order valence-electron chi connectivity index (χ1n) is 8.28. The lowest BCUT2D eigenvalue weighted by Crippen LogP contribution is -2.07. The molecule has 0 unspecified atom stereocenters. The third kappa shape index (κ3) is 5.35. The summed E-state index contributed by atoms with van der Waals surface area (Å²) in [6.45, 7) is 2.46. The van der Waals surface area contributed by atoms with Crippen molar-refractivity contribution in [2.45, 2.75) is 6.92 Å². The second kappa shape index (κ2) is 9.56. The fraction of sp³-hybridized carbons (Fsp3) is 0.100. The van der Waals surface area contributed by atoms with Crippen LogP contribution in [-0.4, -0.2) is 17.5 Å². The van der Waals surface area contributed by atoms with Gasteiger partial charge in [0.25, 0.3) is 0 Å². The molecule has 1 heterocycles. The summed E-state index contributed by atoms with van der Waals surface area (Å²) in [7, 11) is 0. The Balaban J connectivity index is 1.72. The number of aromatic nitrogens is 1. The Morgan fingerprint density at radius 2 is 2.11 bits per heavy atom. The highest BCUT2D eigenvalue weighted by molar-refractivity contribution is 9.10. The molecule has 0 radical (unpaired) electrons. The van der Waals surface area contributed by atoms with E-state index in [1.165, 1.54) is 17.4 Å². The van der Waals surface area contributed by atoms with Gasteiger partial charge in [0.1, 0.15) is 5.75 Å². The third-order valence-corrected chi connectivity index (χ3v) is 5.43. The summed E-state index contributed by atoms with van der Waals surface area (Å²) < 4.78 is 6.48. The van der Waals surface area contributed by atoms with Crippen molar-refractivity contribution in [1.82, 2.24) is 4.98 Å². The maximum Gasteiger partial charge on any atom is 0.250 e. The number of anilines is 1. The quantitative estimate of drug-likeness (QED) is 0.375. The van der Waals surface area contributed by atoms with Crippen LogP contribution in [0, 0.1) is 0 Å². The molecule has 1 aromatic heterocycles. The number of carbonyl (C=O) groups is 1. The molecule has 144 valence electrons. The van der Waals surface area contributed by atoms with Crippen LogP contribution in [0.25, 0.3) is 17.3 Å². The first kappa shape index (κ1) is 20.9. The first-order valence-corrected chi connectivity index (χ1v) is 10.7. The minimum absolute atomic E-state index is 0.287. The molecule has 0 aliphatic heterocycles. The number of hydrogen-bond acceptors (Lipinski definition) is 4. The van der Waals surface area contributed by atoms with E-state index in [9.17, 15) is 4.79 Å². The Bertz CT molecular complexity index is 1040. The van der Waals surface area contributed by atoms with Gasteiger partial charge in [-0.2, -0.15) is 0 Å². The minimum atomic E-state index is -0.287. The average molecular weight is 498 g/mol. The highest BCUT2D eigenvalue weighted by atomic mass is 79.9. The molecule has 8 heteroatoms. The van der Waals surface area contributed by atoms with Crippen LogP contribution in [0.3, 0.4) is 0 Å². The molecule has 0 saturated carbocycles. The predicted molar refractivity (Wildman–Crippen MR) is 121 cm³/mol. The number of nitrogens with one attached hydrogen (secondary N) is 1. The summed E-state index contributed by atoms with van der Waals surface area (Å²) >= 11 is 16.9. The van der Waals surface area contributed by atoms with Gasteiger partial charge in [-0.15, -0.1) is 11.3 Å². The second-order valence-electron chi connectivity index (χ2n) is 5.60. The third-order valence-electron chi connectivity index (χ3n) is 3.63. The van der Waals surface area contributed by atoms with Crippen LogP contribution < -0.4 is 10.1 Å². The molecule has 0 atom stereocenters. The van der Waals surface area contributed by atoms with Crippen molar-refractivity contribution in [2.24, 2.45) is 0 Å². The van der Waals surface area contributed by atoms with Gasteiger partial charge in [-0.05, 0) is 49.4 Å². The molecule has 2 aromatic carbocycles. The highest BCUT2D eigenvalue weighted by Crippen LogP contribution is 2.32. The fourth-order valence-electron chi connectivity index (χ4n) is 2.40. The zero-order valence-electron chi connectivity index (χ0n) is 14.7. The number of benzene rings is 2. The Labute approximate surface area is 185 Å². The highest BCUT2D eigenvalue weighted by Gasteiger charge is 2.10. The monoisotopic (exact) mass is 496 g/mol. The van der Waals surface area contributed by atoms with Crippen LogP contribution in [-0.2, 0) is 4.79 Å². The standard InChI is InChI=1S/C20H15BrCl2N2O2S/c1-2-27-18-7-4-13(21)9-12(18)3-8-19(26)25-20-24-17(11-28-20)15-6-5-14(22)10-16(15)23/h3-11H,2H2,1H3,(H,24,25,26). The maximum absolute atomic E-state index is 12.3. The summed E-state index contributed by atoms with van der Waals surface area (Å²) in [4.78, 5) is 16.7. The predicted octanol–water partition coefficient (Wildman–Crippen LogP) is 6.93. The zero-order chi connectivity index (χ0) is 20.1. The summed E-state index contributed by atoms with van der Waals surface area (Å²) in [6.07, 6.45) is 3.15. The number of rotatable bonds is 6. The average Bonchev–Trinajstić information content (AvgIpc) is 3.10. The molecule has 0 aliphatic carbocycles. The van der Waals surface area contributed by atoms with E-state index in [1.54, 1.807) is 24.3 Å². The van der Waals surface area contributed by atoms with Crippen LogP contribution in [0.2, 0.25) is 10.0 Å². The van der Waals surface area contributed by atoms with Crippen molar-refractivity contribution < 1.29 is 9.53 Å². The molecule has 0 spiro atoms. The lowest BCUT2D eigenvalue weighted by atomic mass is 10.2. The lowest BCUT2D eigenvalue weighted by Gasteiger charge is -2.07. The van der Waals surface area contributed by atoms with E-state index >= 15 is 0 Å². The topological polar surface area (TPSA) is 51.2 Å².